The molecule has 1 aromatic heterocycles. The van der Waals surface area contributed by atoms with E-state index >= 15 is 0 Å². The third-order valence-electron chi connectivity index (χ3n) is 4.32. The zero-order chi connectivity index (χ0) is 17.8. The lowest BCUT2D eigenvalue weighted by Crippen LogP contribution is -2.14. The van der Waals surface area contributed by atoms with Crippen molar-refractivity contribution in [2.75, 3.05) is 5.32 Å². The number of amides is 1. The fourth-order valence-corrected chi connectivity index (χ4v) is 2.67. The summed E-state index contributed by atoms with van der Waals surface area (Å²) in [6, 6.07) is 15.9. The van der Waals surface area contributed by atoms with E-state index in [1.54, 1.807) is 4.68 Å². The molecule has 0 unspecified atom stereocenters. The molecule has 0 bridgehead atoms. The first kappa shape index (κ1) is 16.9. The summed E-state index contributed by atoms with van der Waals surface area (Å²) in [5.41, 5.74) is 5.19. The van der Waals surface area contributed by atoms with Crippen molar-refractivity contribution in [1.29, 1.82) is 0 Å². The maximum absolute atomic E-state index is 12.5. The number of nitrogens with zero attached hydrogens (tertiary/aromatic N) is 3. The van der Waals surface area contributed by atoms with E-state index in [4.69, 9.17) is 0 Å². The van der Waals surface area contributed by atoms with Gasteiger partial charge in [0.15, 0.2) is 5.69 Å². The van der Waals surface area contributed by atoms with Crippen molar-refractivity contribution in [3.8, 4) is 5.69 Å². The molecule has 0 fully saturated rings. The predicted molar refractivity (Wildman–Crippen MR) is 99.2 cm³/mol. The molecule has 1 amide bonds. The first-order chi connectivity index (χ1) is 12.1. The summed E-state index contributed by atoms with van der Waals surface area (Å²) in [4.78, 5) is 12.5. The second-order valence-corrected chi connectivity index (χ2v) is 5.96. The SMILES string of the molecule is CCc1ccc(NC(=O)c2nnn(-c3ccc(CC)cc3)c2C)cc1. The molecule has 25 heavy (non-hydrogen) atoms. The summed E-state index contributed by atoms with van der Waals surface area (Å²) in [5, 5.41) is 11.1. The predicted octanol–water partition coefficient (Wildman–Crippen LogP) is 3.95. The van der Waals surface area contributed by atoms with E-state index in [1.165, 1.54) is 11.1 Å². The molecule has 0 radical (unpaired) electrons. The molecule has 5 nitrogen and oxygen atoms in total. The highest BCUT2D eigenvalue weighted by molar-refractivity contribution is 6.03. The molecular formula is C20H22N4O. The van der Waals surface area contributed by atoms with Crippen molar-refractivity contribution in [3.05, 3.63) is 71.0 Å². The minimum Gasteiger partial charge on any atom is -0.321 e. The quantitative estimate of drug-likeness (QED) is 0.768. The Kier molecular flexibility index (Phi) is 4.93. The molecule has 0 saturated carbocycles. The number of anilines is 1. The van der Waals surface area contributed by atoms with Crippen LogP contribution in [0.15, 0.2) is 48.5 Å². The molecule has 1 heterocycles. The summed E-state index contributed by atoms with van der Waals surface area (Å²) in [7, 11) is 0. The van der Waals surface area contributed by atoms with Crippen LogP contribution in [-0.2, 0) is 12.8 Å². The van der Waals surface area contributed by atoms with Crippen LogP contribution in [0.5, 0.6) is 0 Å². The van der Waals surface area contributed by atoms with Gasteiger partial charge in [0, 0.05) is 5.69 Å². The molecule has 1 N–H and O–H groups in total. The lowest BCUT2D eigenvalue weighted by Gasteiger charge is -2.06. The van der Waals surface area contributed by atoms with Gasteiger partial charge in [-0.2, -0.15) is 0 Å². The van der Waals surface area contributed by atoms with Gasteiger partial charge < -0.3 is 5.32 Å². The Morgan fingerprint density at radius 1 is 0.960 bits per heavy atom. The maximum Gasteiger partial charge on any atom is 0.278 e. The number of aromatic nitrogens is 3. The van der Waals surface area contributed by atoms with Crippen LogP contribution < -0.4 is 5.32 Å². The number of rotatable bonds is 5. The van der Waals surface area contributed by atoms with Gasteiger partial charge in [-0.15, -0.1) is 5.10 Å². The molecule has 0 saturated heterocycles. The summed E-state index contributed by atoms with van der Waals surface area (Å²) in [5.74, 6) is -0.252. The Balaban J connectivity index is 1.80. The van der Waals surface area contributed by atoms with Crippen LogP contribution in [-0.4, -0.2) is 20.9 Å². The second kappa shape index (κ2) is 7.30. The highest BCUT2D eigenvalue weighted by Crippen LogP contribution is 2.16. The summed E-state index contributed by atoms with van der Waals surface area (Å²) < 4.78 is 1.69. The highest BCUT2D eigenvalue weighted by Gasteiger charge is 2.17. The summed E-state index contributed by atoms with van der Waals surface area (Å²) >= 11 is 0. The highest BCUT2D eigenvalue weighted by atomic mass is 16.2. The molecule has 0 atom stereocenters. The Morgan fingerprint density at radius 2 is 1.52 bits per heavy atom. The van der Waals surface area contributed by atoms with Crippen LogP contribution in [0.25, 0.3) is 5.69 Å². The van der Waals surface area contributed by atoms with E-state index < -0.39 is 0 Å². The standard InChI is InChI=1S/C20H22N4O/c1-4-15-6-10-17(11-7-15)21-20(25)19-14(3)24(23-22-19)18-12-8-16(5-2)9-13-18/h6-13H,4-5H2,1-3H3,(H,21,25). The van der Waals surface area contributed by atoms with Crippen LogP contribution in [0.1, 0.15) is 41.2 Å². The molecule has 3 rings (SSSR count). The van der Waals surface area contributed by atoms with E-state index in [0.29, 0.717) is 11.4 Å². The van der Waals surface area contributed by atoms with E-state index in [-0.39, 0.29) is 5.91 Å². The first-order valence-electron chi connectivity index (χ1n) is 8.54. The number of hydrogen-bond acceptors (Lipinski definition) is 3. The Bertz CT molecular complexity index is 864. The van der Waals surface area contributed by atoms with Gasteiger partial charge in [-0.05, 0) is 55.2 Å². The van der Waals surface area contributed by atoms with Gasteiger partial charge in [0.2, 0.25) is 0 Å². The zero-order valence-electron chi connectivity index (χ0n) is 14.8. The number of hydrogen-bond donors (Lipinski definition) is 1. The average Bonchev–Trinajstić information content (AvgIpc) is 3.04. The third kappa shape index (κ3) is 3.60. The molecule has 128 valence electrons. The van der Waals surface area contributed by atoms with Gasteiger partial charge in [-0.3, -0.25) is 4.79 Å². The molecule has 0 spiro atoms. The number of nitrogens with one attached hydrogen (secondary N) is 1. The summed E-state index contributed by atoms with van der Waals surface area (Å²) in [6.07, 6.45) is 1.96. The minimum absolute atomic E-state index is 0.252. The van der Waals surface area contributed by atoms with Gasteiger partial charge in [-0.25, -0.2) is 4.68 Å². The largest absolute Gasteiger partial charge is 0.321 e. The lowest BCUT2D eigenvalue weighted by atomic mass is 10.1. The van der Waals surface area contributed by atoms with Gasteiger partial charge in [-0.1, -0.05) is 43.3 Å². The van der Waals surface area contributed by atoms with Crippen LogP contribution in [0.3, 0.4) is 0 Å². The van der Waals surface area contributed by atoms with E-state index in [9.17, 15) is 4.79 Å². The number of carbonyl (C=O) groups excluding carboxylic acids is 1. The van der Waals surface area contributed by atoms with Gasteiger partial charge >= 0.3 is 0 Å². The molecule has 5 heteroatoms. The smallest absolute Gasteiger partial charge is 0.278 e. The molecule has 0 aliphatic heterocycles. The van der Waals surface area contributed by atoms with E-state index in [1.807, 2.05) is 43.3 Å². The maximum atomic E-state index is 12.5. The van der Waals surface area contributed by atoms with E-state index in [2.05, 4.69) is 41.6 Å². The zero-order valence-corrected chi connectivity index (χ0v) is 14.8. The number of benzene rings is 2. The normalized spacial score (nSPS) is 10.7. The summed E-state index contributed by atoms with van der Waals surface area (Å²) in [6.45, 7) is 6.07. The number of carbonyl (C=O) groups is 1. The Morgan fingerprint density at radius 3 is 2.08 bits per heavy atom. The van der Waals surface area contributed by atoms with Crippen LogP contribution >= 0.6 is 0 Å². The molecular weight excluding hydrogens is 312 g/mol. The van der Waals surface area contributed by atoms with Crippen molar-refractivity contribution in [3.63, 3.8) is 0 Å². The topological polar surface area (TPSA) is 59.8 Å². The number of aryl methyl sites for hydroxylation is 2. The van der Waals surface area contributed by atoms with Gasteiger partial charge in [0.1, 0.15) is 0 Å². The Labute approximate surface area is 147 Å². The van der Waals surface area contributed by atoms with Gasteiger partial charge in [0.25, 0.3) is 5.91 Å². The third-order valence-corrected chi connectivity index (χ3v) is 4.32. The molecule has 0 aliphatic rings. The molecule has 2 aromatic carbocycles. The fraction of sp³-hybridized carbons (Fsp3) is 0.250. The minimum atomic E-state index is -0.252. The van der Waals surface area contributed by atoms with E-state index in [0.717, 1.165) is 24.2 Å². The van der Waals surface area contributed by atoms with Crippen molar-refractivity contribution in [1.82, 2.24) is 15.0 Å². The van der Waals surface area contributed by atoms with Crippen molar-refractivity contribution in [2.24, 2.45) is 0 Å². The molecule has 0 aliphatic carbocycles. The van der Waals surface area contributed by atoms with Crippen molar-refractivity contribution >= 4 is 11.6 Å². The monoisotopic (exact) mass is 334 g/mol. The van der Waals surface area contributed by atoms with Crippen molar-refractivity contribution < 1.29 is 4.79 Å². The van der Waals surface area contributed by atoms with Crippen LogP contribution in [0, 0.1) is 6.92 Å². The lowest BCUT2D eigenvalue weighted by molar-refractivity contribution is 0.102. The average molecular weight is 334 g/mol. The Hall–Kier alpha value is -2.95. The van der Waals surface area contributed by atoms with Gasteiger partial charge in [0.05, 0.1) is 11.4 Å². The van der Waals surface area contributed by atoms with Crippen LogP contribution in [0.4, 0.5) is 5.69 Å². The molecule has 3 aromatic rings. The fourth-order valence-electron chi connectivity index (χ4n) is 2.67. The first-order valence-corrected chi connectivity index (χ1v) is 8.54. The van der Waals surface area contributed by atoms with Crippen LogP contribution in [0.2, 0.25) is 0 Å². The second-order valence-electron chi connectivity index (χ2n) is 5.96. The van der Waals surface area contributed by atoms with Crippen molar-refractivity contribution in [2.45, 2.75) is 33.6 Å².